The maximum Gasteiger partial charge on any atom is -0.0162 e. The molecule has 1 heteroatoms. The summed E-state index contributed by atoms with van der Waals surface area (Å²) < 4.78 is 0. The van der Waals surface area contributed by atoms with Crippen molar-refractivity contribution in [3.63, 3.8) is 0 Å². The third-order valence-electron chi connectivity index (χ3n) is 7.84. The van der Waals surface area contributed by atoms with Gasteiger partial charge in [0.05, 0.1) is 0 Å². The highest BCUT2D eigenvalue weighted by atomic mass is 31.0. The van der Waals surface area contributed by atoms with E-state index in [0.29, 0.717) is 0 Å². The SMILES string of the molecule is CCC1CCC(c2ccc(P)cc2)CC1.CCC1CCC1C(C)=C1CCC1. The van der Waals surface area contributed by atoms with Crippen LogP contribution in [0, 0.1) is 17.8 Å². The normalized spacial score (nSPS) is 29.9. The molecule has 0 N–H and O–H groups in total. The third kappa shape index (κ3) is 5.47. The molecule has 0 bridgehead atoms. The summed E-state index contributed by atoms with van der Waals surface area (Å²) in [4.78, 5) is 0. The Balaban J connectivity index is 0.000000159. The van der Waals surface area contributed by atoms with Gasteiger partial charge < -0.3 is 0 Å². The van der Waals surface area contributed by atoms with E-state index in [1.807, 2.05) is 0 Å². The molecule has 1 aromatic carbocycles. The number of rotatable bonds is 4. The van der Waals surface area contributed by atoms with Crippen molar-refractivity contribution in [2.45, 2.75) is 97.3 Å². The molecule has 150 valence electrons. The summed E-state index contributed by atoms with van der Waals surface area (Å²) in [5.41, 5.74) is 5.13. The van der Waals surface area contributed by atoms with E-state index in [0.717, 1.165) is 23.7 Å². The van der Waals surface area contributed by atoms with Crippen molar-refractivity contribution < 1.29 is 0 Å². The first-order chi connectivity index (χ1) is 13.1. The summed E-state index contributed by atoms with van der Waals surface area (Å²) in [5.74, 6) is 3.86. The Bertz CT molecular complexity index is 596. The van der Waals surface area contributed by atoms with E-state index in [1.54, 1.807) is 16.7 Å². The first-order valence-electron chi connectivity index (χ1n) is 11.7. The molecular weight excluding hydrogens is 343 g/mol. The maximum absolute atomic E-state index is 2.75. The van der Waals surface area contributed by atoms with Crippen molar-refractivity contribution in [2.75, 3.05) is 0 Å². The predicted molar refractivity (Wildman–Crippen MR) is 124 cm³/mol. The fraction of sp³-hybridized carbons (Fsp3) is 0.692. The lowest BCUT2D eigenvalue weighted by Crippen LogP contribution is -2.27. The summed E-state index contributed by atoms with van der Waals surface area (Å²) in [6.07, 6.45) is 15.7. The van der Waals surface area contributed by atoms with Crippen LogP contribution in [0.3, 0.4) is 0 Å². The third-order valence-corrected chi connectivity index (χ3v) is 8.23. The van der Waals surface area contributed by atoms with Crippen LogP contribution in [0.4, 0.5) is 0 Å². The van der Waals surface area contributed by atoms with Gasteiger partial charge in [0.15, 0.2) is 0 Å². The Labute approximate surface area is 170 Å². The lowest BCUT2D eigenvalue weighted by molar-refractivity contribution is 0.204. The summed E-state index contributed by atoms with van der Waals surface area (Å²) >= 11 is 0. The van der Waals surface area contributed by atoms with Crippen LogP contribution >= 0.6 is 9.24 Å². The smallest absolute Gasteiger partial charge is 0.0162 e. The van der Waals surface area contributed by atoms with Gasteiger partial charge in [-0.1, -0.05) is 62.1 Å². The Morgan fingerprint density at radius 3 is 2.00 bits per heavy atom. The van der Waals surface area contributed by atoms with Crippen LogP contribution in [-0.4, -0.2) is 0 Å². The van der Waals surface area contributed by atoms with Gasteiger partial charge in [-0.25, -0.2) is 0 Å². The number of hydrogen-bond acceptors (Lipinski definition) is 0. The standard InChI is InChI=1S/C14H21P.C12H20/c1-2-11-3-5-12(6-4-11)13-7-9-14(15)10-8-13;1-3-10-7-8-12(10)9(2)11-5-4-6-11/h7-12H,2-6,15H2,1H3;10,12H,3-8H2,1-2H3. The van der Waals surface area contributed by atoms with Gasteiger partial charge in [0.1, 0.15) is 0 Å². The van der Waals surface area contributed by atoms with Gasteiger partial charge in [-0.2, -0.15) is 0 Å². The van der Waals surface area contributed by atoms with Crippen LogP contribution < -0.4 is 5.30 Å². The number of hydrogen-bond donors (Lipinski definition) is 0. The van der Waals surface area contributed by atoms with Crippen molar-refractivity contribution >= 4 is 14.5 Å². The van der Waals surface area contributed by atoms with Crippen LogP contribution in [0.15, 0.2) is 35.4 Å². The van der Waals surface area contributed by atoms with E-state index in [9.17, 15) is 0 Å². The van der Waals surface area contributed by atoms with Crippen molar-refractivity contribution in [3.05, 3.63) is 41.0 Å². The Morgan fingerprint density at radius 1 is 0.889 bits per heavy atom. The molecule has 0 spiro atoms. The molecule has 1 aromatic rings. The molecule has 3 fully saturated rings. The maximum atomic E-state index is 2.75. The van der Waals surface area contributed by atoms with Crippen LogP contribution in [0.1, 0.15) is 103 Å². The molecule has 0 aliphatic heterocycles. The van der Waals surface area contributed by atoms with Gasteiger partial charge in [0.25, 0.3) is 0 Å². The number of allylic oxidation sites excluding steroid dienone is 2. The molecule has 3 unspecified atom stereocenters. The van der Waals surface area contributed by atoms with Gasteiger partial charge in [-0.05, 0) is 99.3 Å². The van der Waals surface area contributed by atoms with Crippen molar-refractivity contribution in [1.82, 2.24) is 0 Å². The topological polar surface area (TPSA) is 0 Å². The van der Waals surface area contributed by atoms with Gasteiger partial charge in [0.2, 0.25) is 0 Å². The molecule has 3 atom stereocenters. The average molecular weight is 385 g/mol. The molecule has 0 nitrogen and oxygen atoms in total. The zero-order valence-corrected chi connectivity index (χ0v) is 19.1. The van der Waals surface area contributed by atoms with E-state index < -0.39 is 0 Å². The second kappa shape index (κ2) is 10.2. The summed E-state index contributed by atoms with van der Waals surface area (Å²) in [7, 11) is 2.75. The minimum Gasteiger partial charge on any atom is -0.106 e. The first kappa shape index (κ1) is 21.1. The zero-order chi connectivity index (χ0) is 19.2. The molecule has 0 amide bonds. The van der Waals surface area contributed by atoms with E-state index >= 15 is 0 Å². The molecule has 3 aliphatic rings. The largest absolute Gasteiger partial charge is 0.106 e. The second-order valence-corrected chi connectivity index (χ2v) is 9.95. The van der Waals surface area contributed by atoms with E-state index in [-0.39, 0.29) is 0 Å². The van der Waals surface area contributed by atoms with Crippen LogP contribution in [0.25, 0.3) is 0 Å². The summed E-state index contributed by atoms with van der Waals surface area (Å²) in [5, 5.41) is 1.29. The molecule has 0 heterocycles. The highest BCUT2D eigenvalue weighted by Crippen LogP contribution is 2.45. The van der Waals surface area contributed by atoms with Crippen molar-refractivity contribution in [1.29, 1.82) is 0 Å². The minimum atomic E-state index is 0.832. The van der Waals surface area contributed by atoms with Gasteiger partial charge in [-0.15, -0.1) is 9.24 Å². The molecule has 0 radical (unpaired) electrons. The highest BCUT2D eigenvalue weighted by molar-refractivity contribution is 7.27. The first-order valence-corrected chi connectivity index (χ1v) is 12.2. The van der Waals surface area contributed by atoms with Crippen molar-refractivity contribution in [2.24, 2.45) is 17.8 Å². The van der Waals surface area contributed by atoms with E-state index in [4.69, 9.17) is 0 Å². The zero-order valence-electron chi connectivity index (χ0n) is 18.0. The quantitative estimate of drug-likeness (QED) is 0.367. The minimum absolute atomic E-state index is 0.832. The van der Waals surface area contributed by atoms with Crippen LogP contribution in [0.5, 0.6) is 0 Å². The van der Waals surface area contributed by atoms with Gasteiger partial charge in [0, 0.05) is 0 Å². The fourth-order valence-electron chi connectivity index (χ4n) is 5.31. The van der Waals surface area contributed by atoms with Gasteiger partial charge >= 0.3 is 0 Å². The lowest BCUT2D eigenvalue weighted by Gasteiger charge is -2.39. The molecule has 0 saturated heterocycles. The molecule has 4 rings (SSSR count). The molecule has 27 heavy (non-hydrogen) atoms. The molecule has 0 aromatic heterocycles. The predicted octanol–water partition coefficient (Wildman–Crippen LogP) is 7.79. The molecule has 3 saturated carbocycles. The molecule has 3 aliphatic carbocycles. The summed E-state index contributed by atoms with van der Waals surface area (Å²) in [6, 6.07) is 9.04. The van der Waals surface area contributed by atoms with Crippen molar-refractivity contribution in [3.8, 4) is 0 Å². The Hall–Kier alpha value is -0.610. The Morgan fingerprint density at radius 2 is 1.56 bits per heavy atom. The van der Waals surface area contributed by atoms with Gasteiger partial charge in [-0.3, -0.25) is 0 Å². The van der Waals surface area contributed by atoms with Crippen LogP contribution in [0.2, 0.25) is 0 Å². The van der Waals surface area contributed by atoms with E-state index in [2.05, 4.69) is 54.3 Å². The monoisotopic (exact) mass is 384 g/mol. The highest BCUT2D eigenvalue weighted by Gasteiger charge is 2.32. The fourth-order valence-corrected chi connectivity index (χ4v) is 5.50. The average Bonchev–Trinajstić information content (AvgIpc) is 2.61. The number of benzene rings is 1. The van der Waals surface area contributed by atoms with Crippen LogP contribution in [-0.2, 0) is 0 Å². The molecular formula is C26H41P. The lowest BCUT2D eigenvalue weighted by atomic mass is 9.66. The Kier molecular flexibility index (Phi) is 8.01. The summed E-state index contributed by atoms with van der Waals surface area (Å²) in [6.45, 7) is 7.06. The second-order valence-electron chi connectivity index (χ2n) is 9.28. The van der Waals surface area contributed by atoms with E-state index in [1.165, 1.54) is 75.9 Å².